The molecule has 1 amide bonds. The number of nitrogens with zero attached hydrogens (tertiary/aromatic N) is 4. The topological polar surface area (TPSA) is 90.5 Å². The molecule has 0 atom stereocenters. The van der Waals surface area contributed by atoms with Gasteiger partial charge in [0, 0.05) is 38.8 Å². The fourth-order valence-electron chi connectivity index (χ4n) is 1.96. The number of nitriles is 1. The zero-order chi connectivity index (χ0) is 16.0. The predicted octanol–water partition coefficient (Wildman–Crippen LogP) is 2.04. The summed E-state index contributed by atoms with van der Waals surface area (Å²) in [6.45, 7) is 2.82. The first-order chi connectivity index (χ1) is 9.92. The molecule has 0 radical (unpaired) electrons. The van der Waals surface area contributed by atoms with E-state index >= 15 is 0 Å². The molecule has 1 aromatic carbocycles. The van der Waals surface area contributed by atoms with E-state index in [1.807, 2.05) is 13.0 Å². The van der Waals surface area contributed by atoms with Gasteiger partial charge in [0.1, 0.15) is 5.69 Å². The number of hydrogen-bond acceptors (Lipinski definition) is 5. The van der Waals surface area contributed by atoms with Crippen LogP contribution in [0, 0.1) is 21.4 Å². The van der Waals surface area contributed by atoms with E-state index < -0.39 is 4.92 Å². The molecule has 0 saturated carbocycles. The van der Waals surface area contributed by atoms with E-state index in [2.05, 4.69) is 0 Å². The third-order valence-corrected chi connectivity index (χ3v) is 3.04. The second kappa shape index (κ2) is 7.24. The highest BCUT2D eigenvalue weighted by molar-refractivity contribution is 5.95. The minimum Gasteiger partial charge on any atom is -0.365 e. The molecule has 0 saturated heterocycles. The number of nitro benzene ring substituents is 1. The number of rotatable bonds is 6. The lowest BCUT2D eigenvalue weighted by Gasteiger charge is -2.22. The highest BCUT2D eigenvalue weighted by Gasteiger charge is 2.21. The second-order valence-corrected chi connectivity index (χ2v) is 4.65. The molecule has 0 aliphatic rings. The summed E-state index contributed by atoms with van der Waals surface area (Å²) in [6, 6.07) is 6.44. The van der Waals surface area contributed by atoms with Crippen molar-refractivity contribution < 1.29 is 9.72 Å². The lowest BCUT2D eigenvalue weighted by molar-refractivity contribution is -0.384. The summed E-state index contributed by atoms with van der Waals surface area (Å²) < 4.78 is 0. The van der Waals surface area contributed by atoms with Crippen LogP contribution in [0.5, 0.6) is 0 Å². The van der Waals surface area contributed by atoms with E-state index in [-0.39, 0.29) is 23.6 Å². The van der Waals surface area contributed by atoms with Crippen LogP contribution in [0.15, 0.2) is 18.2 Å². The summed E-state index contributed by atoms with van der Waals surface area (Å²) in [5.74, 6) is -0.287. The molecule has 0 fully saturated rings. The Balaban J connectivity index is 3.24. The van der Waals surface area contributed by atoms with Crippen molar-refractivity contribution in [2.24, 2.45) is 0 Å². The fraction of sp³-hybridized carbons (Fsp3) is 0.429. The smallest absolute Gasteiger partial charge is 0.293 e. The average molecular weight is 290 g/mol. The van der Waals surface area contributed by atoms with Gasteiger partial charge in [-0.15, -0.1) is 0 Å². The second-order valence-electron chi connectivity index (χ2n) is 4.65. The maximum absolute atomic E-state index is 11.9. The summed E-state index contributed by atoms with van der Waals surface area (Å²) >= 11 is 0. The van der Waals surface area contributed by atoms with Crippen LogP contribution in [0.25, 0.3) is 0 Å². The van der Waals surface area contributed by atoms with Crippen LogP contribution in [-0.4, -0.2) is 42.9 Å². The Kier molecular flexibility index (Phi) is 5.67. The Morgan fingerprint density at radius 1 is 1.43 bits per heavy atom. The van der Waals surface area contributed by atoms with Gasteiger partial charge in [0.05, 0.1) is 17.4 Å². The summed E-state index contributed by atoms with van der Waals surface area (Å²) in [5.41, 5.74) is 0.572. The van der Waals surface area contributed by atoms with Gasteiger partial charge >= 0.3 is 0 Å². The maximum atomic E-state index is 11.9. The van der Waals surface area contributed by atoms with Crippen LogP contribution in [0.4, 0.5) is 11.4 Å². The Morgan fingerprint density at radius 2 is 2.10 bits per heavy atom. The van der Waals surface area contributed by atoms with Crippen molar-refractivity contribution in [1.29, 1.82) is 5.26 Å². The van der Waals surface area contributed by atoms with E-state index in [1.165, 1.54) is 11.0 Å². The molecule has 0 aromatic heterocycles. The first-order valence-corrected chi connectivity index (χ1v) is 6.54. The first-order valence-electron chi connectivity index (χ1n) is 6.54. The highest BCUT2D eigenvalue weighted by atomic mass is 16.6. The van der Waals surface area contributed by atoms with Crippen LogP contribution < -0.4 is 4.90 Å². The van der Waals surface area contributed by atoms with Crippen molar-refractivity contribution >= 4 is 17.3 Å². The minimum atomic E-state index is -0.503. The monoisotopic (exact) mass is 290 g/mol. The summed E-state index contributed by atoms with van der Waals surface area (Å²) in [4.78, 5) is 25.8. The molecule has 0 bridgehead atoms. The number of amides is 1. The van der Waals surface area contributed by atoms with Crippen molar-refractivity contribution in [1.82, 2.24) is 4.90 Å². The van der Waals surface area contributed by atoms with Gasteiger partial charge in [-0.1, -0.05) is 0 Å². The Morgan fingerprint density at radius 3 is 2.57 bits per heavy atom. The molecule has 0 heterocycles. The molecule has 1 rings (SSSR count). The van der Waals surface area contributed by atoms with E-state index in [9.17, 15) is 14.9 Å². The van der Waals surface area contributed by atoms with Crippen molar-refractivity contribution in [3.8, 4) is 6.07 Å². The van der Waals surface area contributed by atoms with E-state index in [0.29, 0.717) is 18.8 Å². The summed E-state index contributed by atoms with van der Waals surface area (Å²) in [7, 11) is 3.18. The molecule has 21 heavy (non-hydrogen) atoms. The molecule has 0 aliphatic heterocycles. The molecule has 0 N–H and O–H groups in total. The zero-order valence-corrected chi connectivity index (χ0v) is 12.4. The first kappa shape index (κ1) is 16.4. The van der Waals surface area contributed by atoms with Gasteiger partial charge in [-0.05, 0) is 19.1 Å². The third-order valence-electron chi connectivity index (χ3n) is 3.04. The van der Waals surface area contributed by atoms with Gasteiger partial charge in [0.25, 0.3) is 11.6 Å². The number of carbonyl (C=O) groups is 1. The molecule has 1 aromatic rings. The number of benzene rings is 1. The van der Waals surface area contributed by atoms with Crippen LogP contribution >= 0.6 is 0 Å². The van der Waals surface area contributed by atoms with Gasteiger partial charge in [-0.25, -0.2) is 0 Å². The van der Waals surface area contributed by atoms with Crippen molar-refractivity contribution in [3.63, 3.8) is 0 Å². The van der Waals surface area contributed by atoms with E-state index in [0.717, 1.165) is 0 Å². The summed E-state index contributed by atoms with van der Waals surface area (Å²) in [5, 5.41) is 19.9. The molecular formula is C14H18N4O3. The lowest BCUT2D eigenvalue weighted by Crippen LogP contribution is -2.25. The van der Waals surface area contributed by atoms with E-state index in [1.54, 1.807) is 31.1 Å². The molecule has 0 spiro atoms. The number of anilines is 1. The fourth-order valence-corrected chi connectivity index (χ4v) is 1.96. The number of carbonyl (C=O) groups excluding carboxylic acids is 1. The Hall–Kier alpha value is -2.62. The Labute approximate surface area is 123 Å². The number of hydrogen-bond donors (Lipinski definition) is 0. The molecular weight excluding hydrogens is 272 g/mol. The van der Waals surface area contributed by atoms with Crippen molar-refractivity contribution in [2.45, 2.75) is 13.3 Å². The van der Waals surface area contributed by atoms with Crippen molar-refractivity contribution in [3.05, 3.63) is 33.9 Å². The van der Waals surface area contributed by atoms with Crippen LogP contribution in [0.2, 0.25) is 0 Å². The van der Waals surface area contributed by atoms with Gasteiger partial charge in [0.15, 0.2) is 0 Å². The number of nitro groups is 1. The predicted molar refractivity (Wildman–Crippen MR) is 79.2 cm³/mol. The Bertz CT molecular complexity index is 578. The minimum absolute atomic E-state index is 0.123. The van der Waals surface area contributed by atoms with E-state index in [4.69, 9.17) is 5.26 Å². The molecule has 0 unspecified atom stereocenters. The van der Waals surface area contributed by atoms with Gasteiger partial charge in [0.2, 0.25) is 0 Å². The highest BCUT2D eigenvalue weighted by Crippen LogP contribution is 2.29. The molecule has 0 aliphatic carbocycles. The summed E-state index contributed by atoms with van der Waals surface area (Å²) in [6.07, 6.45) is 0.281. The molecule has 7 heteroatoms. The maximum Gasteiger partial charge on any atom is 0.293 e. The average Bonchev–Trinajstić information content (AvgIpc) is 2.47. The van der Waals surface area contributed by atoms with Gasteiger partial charge in [-0.2, -0.15) is 5.26 Å². The van der Waals surface area contributed by atoms with Crippen LogP contribution in [0.1, 0.15) is 23.7 Å². The lowest BCUT2D eigenvalue weighted by atomic mass is 10.1. The SMILES string of the molecule is CCN(CCC#N)c1ccc(C(=O)N(C)C)cc1[N+](=O)[O-]. The van der Waals surface area contributed by atoms with Crippen LogP contribution in [0.3, 0.4) is 0 Å². The van der Waals surface area contributed by atoms with Gasteiger partial charge in [-0.3, -0.25) is 14.9 Å². The molecule has 7 nitrogen and oxygen atoms in total. The van der Waals surface area contributed by atoms with Gasteiger partial charge < -0.3 is 9.80 Å². The zero-order valence-electron chi connectivity index (χ0n) is 12.4. The molecule has 112 valence electrons. The largest absolute Gasteiger partial charge is 0.365 e. The quantitative estimate of drug-likeness (QED) is 0.590. The normalized spacial score (nSPS) is 9.81. The third kappa shape index (κ3) is 3.92. The van der Waals surface area contributed by atoms with Crippen molar-refractivity contribution in [2.75, 3.05) is 32.1 Å². The standard InChI is InChI=1S/C14H18N4O3/c1-4-17(9-5-8-15)12-7-6-11(14(19)16(2)3)10-13(12)18(20)21/h6-7,10H,4-5,9H2,1-3H3. The van der Waals surface area contributed by atoms with Crippen LogP contribution in [-0.2, 0) is 0 Å².